The molecule has 142 valence electrons. The van der Waals surface area contributed by atoms with Crippen LogP contribution in [-0.4, -0.2) is 57.3 Å². The molecule has 0 radical (unpaired) electrons. The van der Waals surface area contributed by atoms with E-state index < -0.39 is 17.3 Å². The van der Waals surface area contributed by atoms with Crippen molar-refractivity contribution < 1.29 is 18.8 Å². The minimum absolute atomic E-state index is 0.00571. The van der Waals surface area contributed by atoms with Gasteiger partial charge in [0.25, 0.3) is 5.91 Å². The lowest BCUT2D eigenvalue weighted by Crippen LogP contribution is -2.63. The molecule has 3 amide bonds. The van der Waals surface area contributed by atoms with E-state index in [9.17, 15) is 18.8 Å². The van der Waals surface area contributed by atoms with Gasteiger partial charge in [-0.05, 0) is 30.9 Å². The van der Waals surface area contributed by atoms with Gasteiger partial charge < -0.3 is 16.0 Å². The Morgan fingerprint density at radius 1 is 1.37 bits per heavy atom. The van der Waals surface area contributed by atoms with E-state index in [0.717, 1.165) is 23.8 Å². The van der Waals surface area contributed by atoms with Crippen LogP contribution in [0.2, 0.25) is 0 Å². The Hall–Kier alpha value is -3.37. The molecule has 0 aliphatic heterocycles. The van der Waals surface area contributed by atoms with E-state index >= 15 is 0 Å². The molecule has 3 rings (SSSR count). The zero-order valence-corrected chi connectivity index (χ0v) is 14.5. The standard InChI is InChI=1S/C16H18FN7O3/c1-18-15(27)16(21-9-25,10-2-3-10)8-20-14(26)12-7-22-24(23-12)13-5-4-11(17)6-19-13/h4-7,9-10H,2-3,8H2,1H3,(H,18,27)(H,20,26)(H,21,25). The molecule has 1 saturated carbocycles. The van der Waals surface area contributed by atoms with Crippen LogP contribution in [-0.2, 0) is 9.59 Å². The molecule has 10 nitrogen and oxygen atoms in total. The molecule has 2 aromatic rings. The average molecular weight is 375 g/mol. The molecular formula is C16H18FN7O3. The number of amides is 3. The van der Waals surface area contributed by atoms with Crippen LogP contribution in [0.25, 0.3) is 5.82 Å². The summed E-state index contributed by atoms with van der Waals surface area (Å²) in [5.41, 5.74) is -1.21. The van der Waals surface area contributed by atoms with E-state index in [1.807, 2.05) is 0 Å². The number of aromatic nitrogens is 4. The van der Waals surface area contributed by atoms with Gasteiger partial charge in [0.2, 0.25) is 12.3 Å². The largest absolute Gasteiger partial charge is 0.357 e. The summed E-state index contributed by atoms with van der Waals surface area (Å²) in [6.07, 6.45) is 4.24. The second kappa shape index (κ2) is 7.48. The summed E-state index contributed by atoms with van der Waals surface area (Å²) in [5, 5.41) is 15.6. The van der Waals surface area contributed by atoms with Gasteiger partial charge in [0.15, 0.2) is 11.5 Å². The van der Waals surface area contributed by atoms with E-state index in [0.29, 0.717) is 6.41 Å². The highest BCUT2D eigenvalue weighted by molar-refractivity contribution is 5.94. The Bertz CT molecular complexity index is 850. The molecule has 1 fully saturated rings. The normalized spacial score (nSPS) is 15.5. The van der Waals surface area contributed by atoms with Gasteiger partial charge in [0.1, 0.15) is 11.4 Å². The monoisotopic (exact) mass is 375 g/mol. The number of nitrogens with one attached hydrogen (secondary N) is 3. The summed E-state index contributed by atoms with van der Waals surface area (Å²) < 4.78 is 12.9. The molecule has 11 heteroatoms. The topological polar surface area (TPSA) is 131 Å². The Kier molecular flexibility index (Phi) is 5.10. The van der Waals surface area contributed by atoms with Crippen LogP contribution in [0.1, 0.15) is 23.3 Å². The van der Waals surface area contributed by atoms with Crippen molar-refractivity contribution in [2.45, 2.75) is 18.4 Å². The maximum atomic E-state index is 12.9. The third kappa shape index (κ3) is 3.76. The van der Waals surface area contributed by atoms with Crippen molar-refractivity contribution in [3.8, 4) is 5.82 Å². The Labute approximate surface area is 153 Å². The van der Waals surface area contributed by atoms with Crippen molar-refractivity contribution >= 4 is 18.2 Å². The summed E-state index contributed by atoms with van der Waals surface area (Å²) in [6, 6.07) is 2.57. The highest BCUT2D eigenvalue weighted by Gasteiger charge is 2.50. The fraction of sp³-hybridized carbons (Fsp3) is 0.375. The van der Waals surface area contributed by atoms with Gasteiger partial charge in [-0.25, -0.2) is 9.37 Å². The maximum Gasteiger partial charge on any atom is 0.273 e. The lowest BCUT2D eigenvalue weighted by molar-refractivity contribution is -0.130. The van der Waals surface area contributed by atoms with Crippen LogP contribution in [0.3, 0.4) is 0 Å². The minimum atomic E-state index is -1.21. The van der Waals surface area contributed by atoms with Gasteiger partial charge in [0.05, 0.1) is 18.9 Å². The number of nitrogens with zero attached hydrogens (tertiary/aromatic N) is 4. The van der Waals surface area contributed by atoms with Gasteiger partial charge in [0, 0.05) is 7.05 Å². The molecule has 1 atom stereocenters. The predicted molar refractivity (Wildman–Crippen MR) is 90.2 cm³/mol. The van der Waals surface area contributed by atoms with Crippen molar-refractivity contribution in [2.24, 2.45) is 5.92 Å². The maximum absolute atomic E-state index is 12.9. The van der Waals surface area contributed by atoms with E-state index in [1.165, 1.54) is 25.4 Å². The third-order valence-corrected chi connectivity index (χ3v) is 4.39. The zero-order valence-electron chi connectivity index (χ0n) is 14.5. The lowest BCUT2D eigenvalue weighted by Gasteiger charge is -2.31. The predicted octanol–water partition coefficient (Wildman–Crippen LogP) is -0.828. The van der Waals surface area contributed by atoms with Crippen LogP contribution in [0.15, 0.2) is 24.5 Å². The van der Waals surface area contributed by atoms with Gasteiger partial charge in [-0.15, -0.1) is 9.90 Å². The number of carbonyl (C=O) groups excluding carboxylic acids is 3. The summed E-state index contributed by atoms with van der Waals surface area (Å²) in [4.78, 5) is 40.6. The van der Waals surface area contributed by atoms with Crippen LogP contribution in [0.4, 0.5) is 4.39 Å². The molecule has 3 N–H and O–H groups in total. The van der Waals surface area contributed by atoms with E-state index in [1.54, 1.807) is 0 Å². The molecule has 1 unspecified atom stereocenters. The number of rotatable bonds is 8. The smallest absolute Gasteiger partial charge is 0.273 e. The number of carbonyl (C=O) groups is 3. The highest BCUT2D eigenvalue weighted by atomic mass is 19.1. The fourth-order valence-corrected chi connectivity index (χ4v) is 2.82. The van der Waals surface area contributed by atoms with Crippen molar-refractivity contribution in [3.63, 3.8) is 0 Å². The first-order valence-electron chi connectivity index (χ1n) is 8.26. The lowest BCUT2D eigenvalue weighted by atomic mass is 9.91. The number of pyridine rings is 1. The number of likely N-dealkylation sites (N-methyl/N-ethyl adjacent to an activating group) is 1. The van der Waals surface area contributed by atoms with E-state index in [-0.39, 0.29) is 29.9 Å². The first-order chi connectivity index (χ1) is 13.0. The van der Waals surface area contributed by atoms with E-state index in [4.69, 9.17) is 0 Å². The molecule has 1 aliphatic rings. The number of hydrogen-bond donors (Lipinski definition) is 3. The second-order valence-electron chi connectivity index (χ2n) is 6.12. The Morgan fingerprint density at radius 2 is 2.15 bits per heavy atom. The van der Waals surface area contributed by atoms with Crippen molar-refractivity contribution in [3.05, 3.63) is 36.0 Å². The molecule has 0 spiro atoms. The average Bonchev–Trinajstić information content (AvgIpc) is 3.42. The van der Waals surface area contributed by atoms with Crippen molar-refractivity contribution in [1.82, 2.24) is 35.9 Å². The van der Waals surface area contributed by atoms with Crippen LogP contribution >= 0.6 is 0 Å². The van der Waals surface area contributed by atoms with Crippen LogP contribution in [0, 0.1) is 11.7 Å². The second-order valence-corrected chi connectivity index (χ2v) is 6.12. The summed E-state index contributed by atoms with van der Waals surface area (Å²) in [5.74, 6) is -1.25. The number of halogens is 1. The molecular weight excluding hydrogens is 357 g/mol. The summed E-state index contributed by atoms with van der Waals surface area (Å²) >= 11 is 0. The first kappa shape index (κ1) is 18.4. The van der Waals surface area contributed by atoms with Gasteiger partial charge in [-0.2, -0.15) is 5.10 Å². The quantitative estimate of drug-likeness (QED) is 0.516. The number of hydrogen-bond acceptors (Lipinski definition) is 6. The first-order valence-corrected chi connectivity index (χ1v) is 8.26. The van der Waals surface area contributed by atoms with Gasteiger partial charge in [-0.3, -0.25) is 14.4 Å². The molecule has 0 bridgehead atoms. The van der Waals surface area contributed by atoms with Crippen molar-refractivity contribution in [1.29, 1.82) is 0 Å². The minimum Gasteiger partial charge on any atom is -0.357 e. The van der Waals surface area contributed by atoms with Crippen LogP contribution in [0.5, 0.6) is 0 Å². The fourth-order valence-electron chi connectivity index (χ4n) is 2.82. The van der Waals surface area contributed by atoms with Crippen LogP contribution < -0.4 is 16.0 Å². The SMILES string of the molecule is CNC(=O)C(CNC(=O)c1cnn(-c2ccc(F)cn2)n1)(NC=O)C1CC1. The third-order valence-electron chi connectivity index (χ3n) is 4.39. The molecule has 2 aromatic heterocycles. The summed E-state index contributed by atoms with van der Waals surface area (Å²) in [7, 11) is 1.47. The van der Waals surface area contributed by atoms with Crippen molar-refractivity contribution in [2.75, 3.05) is 13.6 Å². The molecule has 2 heterocycles. The van der Waals surface area contributed by atoms with Gasteiger partial charge >= 0.3 is 0 Å². The van der Waals surface area contributed by atoms with Gasteiger partial charge in [-0.1, -0.05) is 0 Å². The zero-order chi connectivity index (χ0) is 19.4. The molecule has 27 heavy (non-hydrogen) atoms. The highest BCUT2D eigenvalue weighted by Crippen LogP contribution is 2.39. The Morgan fingerprint density at radius 3 is 2.74 bits per heavy atom. The molecule has 1 aliphatic carbocycles. The molecule has 0 aromatic carbocycles. The molecule has 0 saturated heterocycles. The summed E-state index contributed by atoms with van der Waals surface area (Å²) in [6.45, 7) is -0.0867. The Balaban J connectivity index is 1.72. The van der Waals surface area contributed by atoms with E-state index in [2.05, 4.69) is 31.1 Å².